The zero-order chi connectivity index (χ0) is 9.97. The molecule has 14 heavy (non-hydrogen) atoms. The van der Waals surface area contributed by atoms with Crippen LogP contribution in [0, 0.1) is 0 Å². The van der Waals surface area contributed by atoms with E-state index in [1.54, 1.807) is 12.3 Å². The van der Waals surface area contributed by atoms with Crippen LogP contribution in [0.5, 0.6) is 0 Å². The molecule has 2 rings (SSSR count). The lowest BCUT2D eigenvalue weighted by molar-refractivity contribution is -0.120. The highest BCUT2D eigenvalue weighted by Crippen LogP contribution is 2.18. The van der Waals surface area contributed by atoms with Crippen LogP contribution in [0.25, 0.3) is 0 Å². The molecule has 0 bridgehead atoms. The highest BCUT2D eigenvalue weighted by Gasteiger charge is 2.20. The van der Waals surface area contributed by atoms with Crippen molar-refractivity contribution in [2.24, 2.45) is 5.84 Å². The fraction of sp³-hybridized carbons (Fsp3) is 0.100. The molecule has 0 saturated carbocycles. The summed E-state index contributed by atoms with van der Waals surface area (Å²) in [5.74, 6) is 5.63. The molecule has 4 heteroatoms. The molecule has 0 aliphatic carbocycles. The Bertz CT molecular complexity index is 361. The van der Waals surface area contributed by atoms with Crippen molar-refractivity contribution >= 4 is 11.6 Å². The molecule has 0 atom stereocenters. The van der Waals surface area contributed by atoms with Gasteiger partial charge in [-0.1, -0.05) is 24.3 Å². The van der Waals surface area contributed by atoms with Gasteiger partial charge in [0.25, 0.3) is 5.91 Å². The maximum Gasteiger partial charge on any atom is 0.250 e. The molecule has 0 saturated heterocycles. The lowest BCUT2D eigenvalue weighted by Crippen LogP contribution is -2.49. The van der Waals surface area contributed by atoms with Crippen molar-refractivity contribution in [3.63, 3.8) is 0 Å². The first-order valence-electron chi connectivity index (χ1n) is 4.37. The van der Waals surface area contributed by atoms with Crippen molar-refractivity contribution in [2.45, 2.75) is 6.42 Å². The van der Waals surface area contributed by atoms with Gasteiger partial charge in [0.1, 0.15) is 0 Å². The molecule has 1 aliphatic rings. The van der Waals surface area contributed by atoms with Crippen molar-refractivity contribution in [2.75, 3.05) is 5.01 Å². The molecule has 0 spiro atoms. The molecule has 1 amide bonds. The summed E-state index contributed by atoms with van der Waals surface area (Å²) in [6.07, 6.45) is 3.80. The number of carbonyl (C=O) groups is 1. The third-order valence-electron chi connectivity index (χ3n) is 2.02. The zero-order valence-corrected chi connectivity index (χ0v) is 7.63. The van der Waals surface area contributed by atoms with Crippen LogP contribution in [0.4, 0.5) is 5.69 Å². The number of anilines is 1. The average molecular weight is 189 g/mol. The van der Waals surface area contributed by atoms with E-state index in [1.807, 2.05) is 30.3 Å². The molecule has 1 aliphatic heterocycles. The predicted molar refractivity (Wildman–Crippen MR) is 53.7 cm³/mol. The number of benzene rings is 1. The number of para-hydroxylation sites is 1. The van der Waals surface area contributed by atoms with E-state index in [0.29, 0.717) is 6.42 Å². The van der Waals surface area contributed by atoms with Crippen LogP contribution in [-0.2, 0) is 4.79 Å². The van der Waals surface area contributed by atoms with Gasteiger partial charge in [0.15, 0.2) is 0 Å². The summed E-state index contributed by atoms with van der Waals surface area (Å²) in [5, 5.41) is 2.74. The van der Waals surface area contributed by atoms with Gasteiger partial charge in [-0.15, -0.1) is 0 Å². The monoisotopic (exact) mass is 189 g/mol. The molecular weight excluding hydrogens is 178 g/mol. The number of rotatable bonds is 1. The second-order valence-electron chi connectivity index (χ2n) is 3.01. The van der Waals surface area contributed by atoms with Crippen LogP contribution < -0.4 is 10.9 Å². The predicted octanol–water partition coefficient (Wildman–Crippen LogP) is 1.03. The average Bonchev–Trinajstić information content (AvgIpc) is 2.19. The van der Waals surface area contributed by atoms with Gasteiger partial charge in [-0.3, -0.25) is 4.79 Å². The van der Waals surface area contributed by atoms with E-state index >= 15 is 0 Å². The van der Waals surface area contributed by atoms with Crippen LogP contribution in [0.1, 0.15) is 6.42 Å². The Balaban J connectivity index is 2.33. The topological polar surface area (TPSA) is 49.6 Å². The summed E-state index contributed by atoms with van der Waals surface area (Å²) in [6.45, 7) is 0. The van der Waals surface area contributed by atoms with Gasteiger partial charge >= 0.3 is 0 Å². The smallest absolute Gasteiger partial charge is 0.250 e. The molecule has 72 valence electrons. The SMILES string of the molecule is NN1C=CCC(=O)N1c1ccccc1. The number of nitrogens with two attached hydrogens (primary N) is 1. The lowest BCUT2D eigenvalue weighted by Gasteiger charge is -2.32. The van der Waals surface area contributed by atoms with Gasteiger partial charge in [-0.2, -0.15) is 0 Å². The van der Waals surface area contributed by atoms with Gasteiger partial charge in [-0.05, 0) is 12.1 Å². The highest BCUT2D eigenvalue weighted by molar-refractivity contribution is 5.94. The Labute approximate surface area is 82.2 Å². The quantitative estimate of drug-likeness (QED) is 0.671. The number of hydrazine groups is 2. The Morgan fingerprint density at radius 1 is 1.21 bits per heavy atom. The molecule has 0 radical (unpaired) electrons. The number of amides is 1. The lowest BCUT2D eigenvalue weighted by atomic mass is 10.2. The summed E-state index contributed by atoms with van der Waals surface area (Å²) in [5.41, 5.74) is 0.782. The summed E-state index contributed by atoms with van der Waals surface area (Å²) in [6, 6.07) is 9.33. The molecule has 0 fully saturated rings. The second-order valence-corrected chi connectivity index (χ2v) is 3.01. The Morgan fingerprint density at radius 3 is 2.57 bits per heavy atom. The largest absolute Gasteiger partial charge is 0.272 e. The maximum atomic E-state index is 11.6. The Morgan fingerprint density at radius 2 is 1.93 bits per heavy atom. The molecule has 1 aromatic rings. The van der Waals surface area contributed by atoms with E-state index in [1.165, 1.54) is 10.1 Å². The Hall–Kier alpha value is -1.81. The maximum absolute atomic E-state index is 11.6. The first-order chi connectivity index (χ1) is 6.79. The molecular formula is C10H11N3O. The van der Waals surface area contributed by atoms with E-state index in [9.17, 15) is 4.79 Å². The summed E-state index contributed by atoms with van der Waals surface area (Å²) >= 11 is 0. The fourth-order valence-electron chi connectivity index (χ4n) is 1.39. The summed E-state index contributed by atoms with van der Waals surface area (Å²) in [4.78, 5) is 11.6. The molecule has 2 N–H and O–H groups in total. The van der Waals surface area contributed by atoms with E-state index < -0.39 is 0 Å². The summed E-state index contributed by atoms with van der Waals surface area (Å²) in [7, 11) is 0. The van der Waals surface area contributed by atoms with Crippen LogP contribution in [-0.4, -0.2) is 11.0 Å². The Kier molecular flexibility index (Phi) is 2.20. The van der Waals surface area contributed by atoms with Crippen molar-refractivity contribution in [1.82, 2.24) is 5.12 Å². The molecule has 0 aromatic heterocycles. The highest BCUT2D eigenvalue weighted by atomic mass is 16.2. The number of nitrogens with zero attached hydrogens (tertiary/aromatic N) is 2. The van der Waals surface area contributed by atoms with Crippen LogP contribution in [0.3, 0.4) is 0 Å². The van der Waals surface area contributed by atoms with Gasteiger partial charge in [-0.25, -0.2) is 16.0 Å². The first-order valence-corrected chi connectivity index (χ1v) is 4.37. The zero-order valence-electron chi connectivity index (χ0n) is 7.63. The van der Waals surface area contributed by atoms with Crippen LogP contribution in [0.15, 0.2) is 42.6 Å². The standard InChI is InChI=1S/C10H11N3O/c11-12-8-4-7-10(14)13(12)9-5-2-1-3-6-9/h1-6,8H,7,11H2. The van der Waals surface area contributed by atoms with E-state index in [0.717, 1.165) is 5.69 Å². The van der Waals surface area contributed by atoms with Gasteiger partial charge < -0.3 is 0 Å². The minimum Gasteiger partial charge on any atom is -0.272 e. The normalized spacial score (nSPS) is 16.2. The third-order valence-corrected chi connectivity index (χ3v) is 2.02. The van der Waals surface area contributed by atoms with Crippen molar-refractivity contribution < 1.29 is 4.79 Å². The van der Waals surface area contributed by atoms with Gasteiger partial charge in [0.2, 0.25) is 0 Å². The van der Waals surface area contributed by atoms with E-state index in [4.69, 9.17) is 5.84 Å². The number of hydrogen-bond donors (Lipinski definition) is 1. The number of carbonyl (C=O) groups excluding carboxylic acids is 1. The fourth-order valence-corrected chi connectivity index (χ4v) is 1.39. The minimum absolute atomic E-state index is 0.0267. The molecule has 0 unspecified atom stereocenters. The van der Waals surface area contributed by atoms with Crippen molar-refractivity contribution in [3.8, 4) is 0 Å². The van der Waals surface area contributed by atoms with Crippen LogP contribution in [0.2, 0.25) is 0 Å². The van der Waals surface area contributed by atoms with Gasteiger partial charge in [0.05, 0.1) is 5.69 Å². The van der Waals surface area contributed by atoms with Crippen molar-refractivity contribution in [3.05, 3.63) is 42.6 Å². The van der Waals surface area contributed by atoms with Crippen molar-refractivity contribution in [1.29, 1.82) is 0 Å². The molecule has 1 heterocycles. The molecule has 4 nitrogen and oxygen atoms in total. The second kappa shape index (κ2) is 3.51. The molecule has 1 aromatic carbocycles. The summed E-state index contributed by atoms with van der Waals surface area (Å²) < 4.78 is 0. The third kappa shape index (κ3) is 1.47. The minimum atomic E-state index is -0.0267. The number of hydrogen-bond acceptors (Lipinski definition) is 3. The van der Waals surface area contributed by atoms with E-state index in [-0.39, 0.29) is 5.91 Å². The van der Waals surface area contributed by atoms with Gasteiger partial charge in [0, 0.05) is 12.6 Å². The van der Waals surface area contributed by atoms with Crippen LogP contribution >= 0.6 is 0 Å². The van der Waals surface area contributed by atoms with E-state index in [2.05, 4.69) is 0 Å². The first kappa shape index (κ1) is 8.77.